The van der Waals surface area contributed by atoms with Crippen LogP contribution in [-0.2, 0) is 11.3 Å². The zero-order valence-electron chi connectivity index (χ0n) is 14.5. The molecule has 4 rings (SSSR count). The predicted molar refractivity (Wildman–Crippen MR) is 106 cm³/mol. The molecule has 7 heteroatoms. The quantitative estimate of drug-likeness (QED) is 0.588. The van der Waals surface area contributed by atoms with Crippen molar-refractivity contribution in [1.82, 2.24) is 8.97 Å². The van der Waals surface area contributed by atoms with E-state index in [1.54, 1.807) is 24.3 Å². The number of nitrogens with one attached hydrogen (secondary N) is 1. The highest BCUT2D eigenvalue weighted by molar-refractivity contribution is 6.31. The van der Waals surface area contributed by atoms with Crippen molar-refractivity contribution >= 4 is 39.7 Å². The van der Waals surface area contributed by atoms with E-state index in [-0.39, 0.29) is 18.0 Å². The summed E-state index contributed by atoms with van der Waals surface area (Å²) in [6, 6.07) is 16.0. The van der Waals surface area contributed by atoms with Crippen LogP contribution in [0.5, 0.6) is 5.75 Å². The van der Waals surface area contributed by atoms with Gasteiger partial charge >= 0.3 is 0 Å². The Hall–Kier alpha value is -3.25. The lowest BCUT2D eigenvalue weighted by atomic mass is 10.2. The van der Waals surface area contributed by atoms with E-state index in [0.29, 0.717) is 27.5 Å². The number of amides is 1. The normalized spacial score (nSPS) is 11.0. The third-order valence-electron chi connectivity index (χ3n) is 4.38. The van der Waals surface area contributed by atoms with Crippen molar-refractivity contribution in [3.05, 3.63) is 76.2 Å². The van der Waals surface area contributed by atoms with Crippen molar-refractivity contribution in [3.63, 3.8) is 0 Å². The second kappa shape index (κ2) is 6.81. The summed E-state index contributed by atoms with van der Waals surface area (Å²) < 4.78 is 8.54. The van der Waals surface area contributed by atoms with Crippen LogP contribution in [0.2, 0.25) is 5.02 Å². The number of methoxy groups -OCH3 is 1. The molecule has 0 aliphatic rings. The number of hydrogen-bond acceptors (Lipinski definition) is 3. The lowest BCUT2D eigenvalue weighted by Crippen LogP contribution is -2.29. The molecule has 0 fully saturated rings. The van der Waals surface area contributed by atoms with Crippen LogP contribution in [0.25, 0.3) is 16.6 Å². The van der Waals surface area contributed by atoms with Gasteiger partial charge in [-0.25, -0.2) is 0 Å². The van der Waals surface area contributed by atoms with Gasteiger partial charge in [-0.1, -0.05) is 23.7 Å². The van der Waals surface area contributed by atoms with Crippen LogP contribution >= 0.6 is 11.6 Å². The molecular formula is C20H16ClN3O3. The third-order valence-corrected chi connectivity index (χ3v) is 4.62. The van der Waals surface area contributed by atoms with Crippen LogP contribution in [0.4, 0.5) is 5.69 Å². The fraction of sp³-hybridized carbons (Fsp3) is 0.100. The smallest absolute Gasteiger partial charge is 0.275 e. The van der Waals surface area contributed by atoms with Gasteiger partial charge in [-0.2, -0.15) is 0 Å². The number of anilines is 1. The molecule has 6 nitrogen and oxygen atoms in total. The highest BCUT2D eigenvalue weighted by Gasteiger charge is 2.14. The molecule has 4 aromatic rings. The van der Waals surface area contributed by atoms with Crippen molar-refractivity contribution in [2.75, 3.05) is 12.4 Å². The molecule has 0 saturated carbocycles. The van der Waals surface area contributed by atoms with E-state index < -0.39 is 0 Å². The van der Waals surface area contributed by atoms with Crippen molar-refractivity contribution < 1.29 is 9.53 Å². The maximum Gasteiger partial charge on any atom is 0.275 e. The molecular weight excluding hydrogens is 366 g/mol. The lowest BCUT2D eigenvalue weighted by Gasteiger charge is -2.14. The molecule has 1 N–H and O–H groups in total. The Morgan fingerprint density at radius 1 is 1.07 bits per heavy atom. The van der Waals surface area contributed by atoms with Gasteiger partial charge in [0, 0.05) is 11.2 Å². The summed E-state index contributed by atoms with van der Waals surface area (Å²) in [5.41, 5.74) is 2.27. The van der Waals surface area contributed by atoms with Crippen molar-refractivity contribution in [2.45, 2.75) is 6.54 Å². The van der Waals surface area contributed by atoms with Crippen LogP contribution in [0.1, 0.15) is 0 Å². The van der Waals surface area contributed by atoms with Gasteiger partial charge in [0.1, 0.15) is 17.8 Å². The van der Waals surface area contributed by atoms with Crippen molar-refractivity contribution in [2.24, 2.45) is 0 Å². The van der Waals surface area contributed by atoms with Crippen LogP contribution in [-0.4, -0.2) is 22.0 Å². The fourth-order valence-corrected chi connectivity index (χ4v) is 3.35. The van der Waals surface area contributed by atoms with Gasteiger partial charge in [0.2, 0.25) is 5.91 Å². The van der Waals surface area contributed by atoms with E-state index in [1.807, 2.05) is 40.9 Å². The van der Waals surface area contributed by atoms with E-state index in [0.717, 1.165) is 5.52 Å². The molecule has 0 aliphatic heterocycles. The summed E-state index contributed by atoms with van der Waals surface area (Å²) in [5, 5.41) is 3.24. The fourth-order valence-electron chi connectivity index (χ4n) is 3.18. The monoisotopic (exact) mass is 381 g/mol. The van der Waals surface area contributed by atoms with Crippen molar-refractivity contribution in [3.8, 4) is 5.75 Å². The third kappa shape index (κ3) is 3.04. The van der Waals surface area contributed by atoms with E-state index in [9.17, 15) is 9.59 Å². The Morgan fingerprint density at radius 2 is 1.81 bits per heavy atom. The van der Waals surface area contributed by atoms with Gasteiger partial charge in [-0.3, -0.25) is 14.2 Å². The number of fused-ring (bicyclic) bond motifs is 3. The van der Waals surface area contributed by atoms with Gasteiger partial charge in [0.25, 0.3) is 5.56 Å². The van der Waals surface area contributed by atoms with Gasteiger partial charge < -0.3 is 14.5 Å². The van der Waals surface area contributed by atoms with E-state index in [2.05, 4.69) is 5.32 Å². The first-order valence-electron chi connectivity index (χ1n) is 8.30. The van der Waals surface area contributed by atoms with Gasteiger partial charge in [-0.05, 0) is 42.5 Å². The molecule has 2 heterocycles. The largest absolute Gasteiger partial charge is 0.495 e. The second-order valence-corrected chi connectivity index (χ2v) is 6.47. The molecule has 0 radical (unpaired) electrons. The molecule has 1 amide bonds. The first kappa shape index (κ1) is 17.2. The number of rotatable bonds is 4. The summed E-state index contributed by atoms with van der Waals surface area (Å²) in [7, 11) is 1.51. The lowest BCUT2D eigenvalue weighted by molar-refractivity contribution is -0.116. The first-order chi connectivity index (χ1) is 13.1. The molecule has 2 aromatic heterocycles. The number of hydrogen-bond donors (Lipinski definition) is 1. The standard InChI is InChI=1S/C20H16ClN3O3/c1-27-18-9-8-13(21)11-14(18)22-19(25)12-24-16-6-3-2-5-15(16)23-10-4-7-17(23)20(24)26/h2-11H,12H2,1H3,(H,22,25). The average molecular weight is 382 g/mol. The molecule has 0 atom stereocenters. The molecule has 0 spiro atoms. The maximum atomic E-state index is 12.9. The molecule has 2 aromatic carbocycles. The molecule has 27 heavy (non-hydrogen) atoms. The van der Waals surface area contributed by atoms with Crippen LogP contribution in [0.15, 0.2) is 65.6 Å². The van der Waals surface area contributed by atoms with E-state index in [1.165, 1.54) is 11.7 Å². The van der Waals surface area contributed by atoms with Gasteiger partial charge in [0.15, 0.2) is 0 Å². The molecule has 0 saturated heterocycles. The van der Waals surface area contributed by atoms with Gasteiger partial charge in [0.05, 0.1) is 23.8 Å². The van der Waals surface area contributed by atoms with E-state index in [4.69, 9.17) is 16.3 Å². The number of para-hydroxylation sites is 2. The molecule has 0 unspecified atom stereocenters. The predicted octanol–water partition coefficient (Wildman–Crippen LogP) is 3.55. The SMILES string of the molecule is COc1ccc(Cl)cc1NC(=O)Cn1c(=O)c2cccn2c2ccccc21. The number of nitrogens with zero attached hydrogens (tertiary/aromatic N) is 2. The Morgan fingerprint density at radius 3 is 2.59 bits per heavy atom. The summed E-state index contributed by atoms with van der Waals surface area (Å²) in [4.78, 5) is 25.5. The molecule has 0 aliphatic carbocycles. The van der Waals surface area contributed by atoms with Gasteiger partial charge in [-0.15, -0.1) is 0 Å². The van der Waals surface area contributed by atoms with E-state index >= 15 is 0 Å². The highest BCUT2D eigenvalue weighted by Crippen LogP contribution is 2.27. The topological polar surface area (TPSA) is 64.7 Å². The van der Waals surface area contributed by atoms with Crippen LogP contribution in [0, 0.1) is 0 Å². The Labute approximate surface area is 159 Å². The number of aromatic nitrogens is 2. The summed E-state index contributed by atoms with van der Waals surface area (Å²) in [6.45, 7) is -0.128. The zero-order valence-corrected chi connectivity index (χ0v) is 15.2. The Bertz CT molecular complexity index is 1230. The Balaban J connectivity index is 1.75. The zero-order chi connectivity index (χ0) is 19.0. The Kier molecular flexibility index (Phi) is 4.33. The van der Waals surface area contributed by atoms with Crippen molar-refractivity contribution in [1.29, 1.82) is 0 Å². The minimum absolute atomic E-state index is 0.128. The van der Waals surface area contributed by atoms with Crippen LogP contribution < -0.4 is 15.6 Å². The number of carbonyl (C=O) groups excluding carboxylic acids is 1. The number of carbonyl (C=O) groups is 1. The summed E-state index contributed by atoms with van der Waals surface area (Å²) in [6.07, 6.45) is 1.83. The number of halogens is 1. The molecule has 0 bridgehead atoms. The first-order valence-corrected chi connectivity index (χ1v) is 8.68. The minimum Gasteiger partial charge on any atom is -0.495 e. The number of ether oxygens (including phenoxy) is 1. The minimum atomic E-state index is -0.348. The molecule has 136 valence electrons. The van der Waals surface area contributed by atoms with Crippen LogP contribution in [0.3, 0.4) is 0 Å². The second-order valence-electron chi connectivity index (χ2n) is 6.04. The number of benzene rings is 2. The maximum absolute atomic E-state index is 12.9. The average Bonchev–Trinajstić information content (AvgIpc) is 3.15. The summed E-state index contributed by atoms with van der Waals surface area (Å²) in [5.74, 6) is 0.144. The highest BCUT2D eigenvalue weighted by atomic mass is 35.5. The summed E-state index contributed by atoms with van der Waals surface area (Å²) >= 11 is 6.01.